The van der Waals surface area contributed by atoms with Gasteiger partial charge in [-0.2, -0.15) is 5.10 Å². The summed E-state index contributed by atoms with van der Waals surface area (Å²) in [6, 6.07) is 20.5. The number of thioether (sulfide) groups is 1. The lowest BCUT2D eigenvalue weighted by molar-refractivity contribution is 0.318. The van der Waals surface area contributed by atoms with Gasteiger partial charge in [-0.25, -0.2) is 0 Å². The lowest BCUT2D eigenvalue weighted by Crippen LogP contribution is -2.12. The first-order valence-electron chi connectivity index (χ1n) is 8.80. The molecule has 0 heterocycles. The highest BCUT2D eigenvalue weighted by atomic mass is 32.2. The van der Waals surface area contributed by atoms with Crippen molar-refractivity contribution < 1.29 is 5.21 Å². The number of terminal acetylenes is 1. The summed E-state index contributed by atoms with van der Waals surface area (Å²) in [5.41, 5.74) is 2.82. The van der Waals surface area contributed by atoms with E-state index in [0.717, 1.165) is 23.6 Å². The van der Waals surface area contributed by atoms with Crippen LogP contribution in [0.2, 0.25) is 0 Å². The quantitative estimate of drug-likeness (QED) is 0.212. The molecule has 2 aromatic rings. The molecule has 0 bridgehead atoms. The second-order valence-corrected chi connectivity index (χ2v) is 7.11. The molecule has 0 aliphatic heterocycles. The van der Waals surface area contributed by atoms with Gasteiger partial charge in [-0.1, -0.05) is 71.7 Å². The Morgan fingerprint density at radius 1 is 1.19 bits per heavy atom. The van der Waals surface area contributed by atoms with E-state index in [1.54, 1.807) is 0 Å². The fourth-order valence-electron chi connectivity index (χ4n) is 2.64. The molecule has 5 heteroatoms. The van der Waals surface area contributed by atoms with Crippen molar-refractivity contribution in [3.05, 3.63) is 71.8 Å². The van der Waals surface area contributed by atoms with Crippen LogP contribution in [0, 0.1) is 12.3 Å². The fraction of sp³-hybridized carbons (Fsp3) is 0.273. The number of oxime groups is 1. The molecule has 140 valence electrons. The first-order chi connectivity index (χ1) is 13.2. The van der Waals surface area contributed by atoms with Crippen LogP contribution < -0.4 is 0 Å². The van der Waals surface area contributed by atoms with Gasteiger partial charge in [0.25, 0.3) is 0 Å². The summed E-state index contributed by atoms with van der Waals surface area (Å²) in [7, 11) is 1.97. The Morgan fingerprint density at radius 2 is 1.85 bits per heavy atom. The third-order valence-electron chi connectivity index (χ3n) is 4.06. The van der Waals surface area contributed by atoms with Crippen LogP contribution in [0.5, 0.6) is 0 Å². The van der Waals surface area contributed by atoms with E-state index in [4.69, 9.17) is 11.6 Å². The van der Waals surface area contributed by atoms with Gasteiger partial charge in [0.05, 0.1) is 5.88 Å². The van der Waals surface area contributed by atoms with E-state index < -0.39 is 0 Å². The summed E-state index contributed by atoms with van der Waals surface area (Å²) in [6.45, 7) is 0. The van der Waals surface area contributed by atoms with E-state index in [0.29, 0.717) is 12.1 Å². The zero-order valence-electron chi connectivity index (χ0n) is 15.5. The number of hydrogen-bond donors (Lipinski definition) is 1. The molecule has 0 saturated heterocycles. The van der Waals surface area contributed by atoms with Crippen molar-refractivity contribution in [3.8, 4) is 12.3 Å². The zero-order chi connectivity index (χ0) is 19.3. The number of rotatable bonds is 10. The molecule has 1 unspecified atom stereocenters. The molecule has 0 amide bonds. The van der Waals surface area contributed by atoms with Gasteiger partial charge >= 0.3 is 0 Å². The van der Waals surface area contributed by atoms with Crippen LogP contribution in [0.15, 0.2) is 70.9 Å². The Hall–Kier alpha value is -2.71. The molecule has 1 N–H and O–H groups in total. The molecular formula is C22H25N3OS. The van der Waals surface area contributed by atoms with Gasteiger partial charge in [-0.05, 0) is 23.5 Å². The molecule has 0 fully saturated rings. The summed E-state index contributed by atoms with van der Waals surface area (Å²) in [5.74, 6) is 4.34. The SMILES string of the molecule is C#C/C(CC(C/C=N/N(C)CSCc1ccccc1)c1ccccc1)=N/O. The van der Waals surface area contributed by atoms with Gasteiger partial charge in [0, 0.05) is 25.4 Å². The first kappa shape index (κ1) is 20.6. The minimum absolute atomic E-state index is 0.127. The highest BCUT2D eigenvalue weighted by molar-refractivity contribution is 7.98. The fourth-order valence-corrected chi connectivity index (χ4v) is 3.49. The van der Waals surface area contributed by atoms with Crippen molar-refractivity contribution in [1.29, 1.82) is 0 Å². The Kier molecular flexibility index (Phi) is 9.02. The molecule has 4 nitrogen and oxygen atoms in total. The van der Waals surface area contributed by atoms with Gasteiger partial charge in [-0.3, -0.25) is 5.01 Å². The van der Waals surface area contributed by atoms with E-state index in [-0.39, 0.29) is 5.92 Å². The van der Waals surface area contributed by atoms with E-state index >= 15 is 0 Å². The largest absolute Gasteiger partial charge is 0.410 e. The van der Waals surface area contributed by atoms with Gasteiger partial charge in [-0.15, -0.1) is 18.2 Å². The highest BCUT2D eigenvalue weighted by Gasteiger charge is 2.13. The molecule has 0 radical (unpaired) electrons. The van der Waals surface area contributed by atoms with Crippen molar-refractivity contribution >= 4 is 23.7 Å². The maximum Gasteiger partial charge on any atom is 0.129 e. The van der Waals surface area contributed by atoms with Gasteiger partial charge in [0.2, 0.25) is 0 Å². The molecule has 0 spiro atoms. The topological polar surface area (TPSA) is 48.2 Å². The standard InChI is InChI=1S/C22H25N3OS/c1-3-22(24-26)16-21(20-12-8-5-9-13-20)14-15-23-25(2)18-27-17-19-10-6-4-7-11-19/h1,4-13,15,21,26H,14,16-18H2,2H3/b23-15+,24-22-. The third kappa shape index (κ3) is 7.59. The molecule has 1 atom stereocenters. The minimum Gasteiger partial charge on any atom is -0.410 e. The highest BCUT2D eigenvalue weighted by Crippen LogP contribution is 2.23. The maximum atomic E-state index is 9.03. The van der Waals surface area contributed by atoms with Crippen molar-refractivity contribution in [2.45, 2.75) is 24.5 Å². The third-order valence-corrected chi connectivity index (χ3v) is 5.15. The maximum absolute atomic E-state index is 9.03. The predicted octanol–water partition coefficient (Wildman–Crippen LogP) is 4.82. The van der Waals surface area contributed by atoms with Crippen LogP contribution in [0.25, 0.3) is 0 Å². The molecular weight excluding hydrogens is 354 g/mol. The molecule has 2 rings (SSSR count). The predicted molar refractivity (Wildman–Crippen MR) is 115 cm³/mol. The number of benzene rings is 2. The van der Waals surface area contributed by atoms with Crippen LogP contribution in [0.4, 0.5) is 0 Å². The summed E-state index contributed by atoms with van der Waals surface area (Å²) in [5, 5.41) is 18.7. The van der Waals surface area contributed by atoms with Crippen LogP contribution in [-0.2, 0) is 5.75 Å². The molecule has 0 aromatic heterocycles. The average molecular weight is 380 g/mol. The van der Waals surface area contributed by atoms with Crippen LogP contribution in [-0.4, -0.2) is 35.1 Å². The molecule has 2 aromatic carbocycles. The van der Waals surface area contributed by atoms with Gasteiger partial charge < -0.3 is 5.21 Å². The number of nitrogens with zero attached hydrogens (tertiary/aromatic N) is 3. The van der Waals surface area contributed by atoms with Crippen LogP contribution >= 0.6 is 11.8 Å². The van der Waals surface area contributed by atoms with E-state index in [9.17, 15) is 0 Å². The second kappa shape index (κ2) is 11.8. The molecule has 0 aliphatic rings. The summed E-state index contributed by atoms with van der Waals surface area (Å²) in [4.78, 5) is 0. The van der Waals surface area contributed by atoms with Crippen molar-refractivity contribution in [1.82, 2.24) is 5.01 Å². The monoisotopic (exact) mass is 379 g/mol. The Bertz CT molecular complexity index is 769. The Morgan fingerprint density at radius 3 is 2.48 bits per heavy atom. The number of hydrazone groups is 1. The lowest BCUT2D eigenvalue weighted by atomic mass is 9.91. The first-order valence-corrected chi connectivity index (χ1v) is 9.96. The van der Waals surface area contributed by atoms with Crippen molar-refractivity contribution in [2.24, 2.45) is 10.3 Å². The summed E-state index contributed by atoms with van der Waals surface area (Å²) < 4.78 is 0. The van der Waals surface area contributed by atoms with Crippen LogP contribution in [0.3, 0.4) is 0 Å². The van der Waals surface area contributed by atoms with Gasteiger partial charge in [0.1, 0.15) is 5.71 Å². The van der Waals surface area contributed by atoms with E-state index in [1.165, 1.54) is 5.56 Å². The summed E-state index contributed by atoms with van der Waals surface area (Å²) in [6.07, 6.45) is 8.54. The van der Waals surface area contributed by atoms with Crippen molar-refractivity contribution in [2.75, 3.05) is 12.9 Å². The number of hydrogen-bond acceptors (Lipinski definition) is 5. The molecule has 0 saturated carbocycles. The van der Waals surface area contributed by atoms with Gasteiger partial charge in [0.15, 0.2) is 0 Å². The lowest BCUT2D eigenvalue weighted by Gasteiger charge is -2.16. The smallest absolute Gasteiger partial charge is 0.129 e. The summed E-state index contributed by atoms with van der Waals surface area (Å²) >= 11 is 1.82. The Balaban J connectivity index is 1.86. The van der Waals surface area contributed by atoms with E-state index in [2.05, 4.69) is 52.6 Å². The van der Waals surface area contributed by atoms with Crippen LogP contribution in [0.1, 0.15) is 29.9 Å². The molecule has 27 heavy (non-hydrogen) atoms. The average Bonchev–Trinajstić information content (AvgIpc) is 2.72. The minimum atomic E-state index is 0.127. The van der Waals surface area contributed by atoms with E-state index in [1.807, 2.05) is 54.3 Å². The second-order valence-electron chi connectivity index (χ2n) is 6.16. The normalized spacial score (nSPS) is 12.7. The zero-order valence-corrected chi connectivity index (χ0v) is 16.3. The Labute approximate surface area is 166 Å². The van der Waals surface area contributed by atoms with Crippen molar-refractivity contribution in [3.63, 3.8) is 0 Å². The molecule has 0 aliphatic carbocycles.